The molecule has 3 heteroatoms. The Bertz CT molecular complexity index is 594. The summed E-state index contributed by atoms with van der Waals surface area (Å²) in [5.74, 6) is 1.61. The highest BCUT2D eigenvalue weighted by molar-refractivity contribution is 5.82. The summed E-state index contributed by atoms with van der Waals surface area (Å²) >= 11 is 0. The zero-order chi connectivity index (χ0) is 14.8. The Morgan fingerprint density at radius 3 is 2.67 bits per heavy atom. The van der Waals surface area contributed by atoms with Crippen molar-refractivity contribution in [3.8, 4) is 0 Å². The summed E-state index contributed by atoms with van der Waals surface area (Å²) < 4.78 is 2.03. The van der Waals surface area contributed by atoms with Crippen LogP contribution in [0.25, 0.3) is 10.9 Å². The number of aromatic nitrogens is 2. The zero-order valence-corrected chi connectivity index (χ0v) is 13.5. The van der Waals surface area contributed by atoms with Gasteiger partial charge in [-0.15, -0.1) is 0 Å². The molecular weight excluding hydrogens is 258 g/mol. The molecule has 1 N–H and O–H groups in total. The second-order valence-corrected chi connectivity index (χ2v) is 6.58. The fraction of sp³-hybridized carbons (Fsp3) is 0.611. The van der Waals surface area contributed by atoms with Crippen molar-refractivity contribution in [2.75, 3.05) is 6.54 Å². The van der Waals surface area contributed by atoms with Crippen LogP contribution in [0.1, 0.15) is 51.3 Å². The van der Waals surface area contributed by atoms with E-state index in [9.17, 15) is 0 Å². The number of nitrogens with zero attached hydrogens (tertiary/aromatic N) is 2. The van der Waals surface area contributed by atoms with Crippen LogP contribution in [0, 0.1) is 11.8 Å². The molecular formula is C18H27N3. The van der Waals surface area contributed by atoms with Crippen LogP contribution in [-0.2, 0) is 7.05 Å². The van der Waals surface area contributed by atoms with Gasteiger partial charge in [0.15, 0.2) is 0 Å². The van der Waals surface area contributed by atoms with E-state index in [1.165, 1.54) is 42.3 Å². The Hall–Kier alpha value is -1.35. The van der Waals surface area contributed by atoms with Crippen molar-refractivity contribution in [3.63, 3.8) is 0 Å². The number of nitrogens with one attached hydrogen (secondary N) is 1. The third kappa shape index (κ3) is 2.84. The van der Waals surface area contributed by atoms with Gasteiger partial charge in [0, 0.05) is 12.4 Å². The normalized spacial score (nSPS) is 24.3. The summed E-state index contributed by atoms with van der Waals surface area (Å²) in [6.07, 6.45) is 5.36. The maximum atomic E-state index is 4.86. The molecule has 114 valence electrons. The van der Waals surface area contributed by atoms with Crippen molar-refractivity contribution >= 4 is 10.9 Å². The number of rotatable bonds is 4. The van der Waals surface area contributed by atoms with E-state index in [4.69, 9.17) is 5.10 Å². The van der Waals surface area contributed by atoms with Gasteiger partial charge in [0.05, 0.1) is 17.3 Å². The van der Waals surface area contributed by atoms with Gasteiger partial charge in [-0.1, -0.05) is 44.9 Å². The summed E-state index contributed by atoms with van der Waals surface area (Å²) in [5.41, 5.74) is 2.48. The molecule has 0 bridgehead atoms. The molecule has 1 aromatic heterocycles. The van der Waals surface area contributed by atoms with Crippen molar-refractivity contribution in [1.82, 2.24) is 15.1 Å². The minimum absolute atomic E-state index is 0.397. The molecule has 21 heavy (non-hydrogen) atoms. The van der Waals surface area contributed by atoms with Gasteiger partial charge in [-0.3, -0.25) is 4.68 Å². The number of hydrogen-bond donors (Lipinski definition) is 1. The van der Waals surface area contributed by atoms with Crippen molar-refractivity contribution < 1.29 is 0 Å². The van der Waals surface area contributed by atoms with Crippen molar-refractivity contribution in [2.45, 2.75) is 45.6 Å². The van der Waals surface area contributed by atoms with E-state index in [0.29, 0.717) is 6.04 Å². The molecule has 3 nitrogen and oxygen atoms in total. The molecule has 0 saturated heterocycles. The fourth-order valence-electron chi connectivity index (χ4n) is 3.80. The Labute approximate surface area is 127 Å². The minimum atomic E-state index is 0.397. The average molecular weight is 285 g/mol. The molecule has 1 fully saturated rings. The van der Waals surface area contributed by atoms with E-state index in [-0.39, 0.29) is 0 Å². The molecule has 1 aliphatic carbocycles. The van der Waals surface area contributed by atoms with E-state index in [1.54, 1.807) is 0 Å². The Balaban J connectivity index is 1.95. The first-order valence-electron chi connectivity index (χ1n) is 8.35. The largest absolute Gasteiger partial charge is 0.309 e. The molecule has 1 atom stereocenters. The van der Waals surface area contributed by atoms with Crippen LogP contribution in [0.3, 0.4) is 0 Å². The Morgan fingerprint density at radius 2 is 1.95 bits per heavy atom. The fourth-order valence-corrected chi connectivity index (χ4v) is 3.80. The molecule has 0 spiro atoms. The molecule has 1 aliphatic rings. The first-order chi connectivity index (χ1) is 10.2. The van der Waals surface area contributed by atoms with Crippen LogP contribution in [-0.4, -0.2) is 16.3 Å². The molecule has 1 aromatic carbocycles. The summed E-state index contributed by atoms with van der Waals surface area (Å²) in [4.78, 5) is 0. The first kappa shape index (κ1) is 14.6. The topological polar surface area (TPSA) is 29.9 Å². The summed E-state index contributed by atoms with van der Waals surface area (Å²) in [7, 11) is 2.05. The lowest BCUT2D eigenvalue weighted by Gasteiger charge is -2.32. The van der Waals surface area contributed by atoms with E-state index >= 15 is 0 Å². The van der Waals surface area contributed by atoms with Gasteiger partial charge in [0.1, 0.15) is 0 Å². The lowest BCUT2D eigenvalue weighted by Crippen LogP contribution is -2.31. The van der Waals surface area contributed by atoms with Crippen molar-refractivity contribution in [1.29, 1.82) is 0 Å². The third-order valence-corrected chi connectivity index (χ3v) is 5.04. The van der Waals surface area contributed by atoms with Gasteiger partial charge in [0.25, 0.3) is 0 Å². The first-order valence-corrected chi connectivity index (χ1v) is 8.35. The van der Waals surface area contributed by atoms with Gasteiger partial charge in [-0.25, -0.2) is 0 Å². The molecule has 3 rings (SSSR count). The maximum Gasteiger partial charge on any atom is 0.0875 e. The summed E-state index contributed by atoms with van der Waals surface area (Å²) in [6.45, 7) is 5.58. The second kappa shape index (κ2) is 6.18. The highest BCUT2D eigenvalue weighted by Crippen LogP contribution is 2.38. The molecule has 1 heterocycles. The van der Waals surface area contributed by atoms with Gasteiger partial charge in [-0.2, -0.15) is 5.10 Å². The number of fused-ring (bicyclic) bond motifs is 1. The minimum Gasteiger partial charge on any atom is -0.309 e. The monoisotopic (exact) mass is 285 g/mol. The van der Waals surface area contributed by atoms with Gasteiger partial charge in [0.2, 0.25) is 0 Å². The molecule has 0 amide bonds. The molecule has 2 aromatic rings. The van der Waals surface area contributed by atoms with Crippen LogP contribution < -0.4 is 5.32 Å². The predicted molar refractivity (Wildman–Crippen MR) is 88.3 cm³/mol. The standard InChI is InChI=1S/C18H27N3/c1-4-19-17(14-11-9-13(2)10-12-14)18-15-7-5-6-8-16(15)21(3)20-18/h5-8,13-14,17,19H,4,9-12H2,1-3H3. The van der Waals surface area contributed by atoms with E-state index in [1.807, 2.05) is 4.68 Å². The van der Waals surface area contributed by atoms with Gasteiger partial charge < -0.3 is 5.32 Å². The smallest absolute Gasteiger partial charge is 0.0875 e. The van der Waals surface area contributed by atoms with Crippen LogP contribution in [0.2, 0.25) is 0 Å². The van der Waals surface area contributed by atoms with Crippen LogP contribution >= 0.6 is 0 Å². The lowest BCUT2D eigenvalue weighted by molar-refractivity contribution is 0.230. The number of para-hydroxylation sites is 1. The summed E-state index contributed by atoms with van der Waals surface area (Å²) in [5, 5.41) is 9.88. The van der Waals surface area contributed by atoms with Gasteiger partial charge >= 0.3 is 0 Å². The maximum absolute atomic E-state index is 4.86. The van der Waals surface area contributed by atoms with E-state index < -0.39 is 0 Å². The molecule has 1 unspecified atom stereocenters. The lowest BCUT2D eigenvalue weighted by atomic mass is 9.78. The van der Waals surface area contributed by atoms with Crippen LogP contribution in [0.4, 0.5) is 0 Å². The van der Waals surface area contributed by atoms with Crippen LogP contribution in [0.5, 0.6) is 0 Å². The third-order valence-electron chi connectivity index (χ3n) is 5.04. The molecule has 1 saturated carbocycles. The predicted octanol–water partition coefficient (Wildman–Crippen LogP) is 4.05. The number of aryl methyl sites for hydroxylation is 1. The molecule has 0 radical (unpaired) electrons. The van der Waals surface area contributed by atoms with Gasteiger partial charge in [-0.05, 0) is 37.3 Å². The van der Waals surface area contributed by atoms with E-state index in [0.717, 1.165) is 18.4 Å². The number of benzene rings is 1. The number of hydrogen-bond acceptors (Lipinski definition) is 2. The van der Waals surface area contributed by atoms with Crippen molar-refractivity contribution in [2.24, 2.45) is 18.9 Å². The molecule has 0 aliphatic heterocycles. The highest BCUT2D eigenvalue weighted by Gasteiger charge is 2.29. The SMILES string of the molecule is CCNC(c1nn(C)c2ccccc12)C1CCC(C)CC1. The highest BCUT2D eigenvalue weighted by atomic mass is 15.3. The summed E-state index contributed by atoms with van der Waals surface area (Å²) in [6, 6.07) is 9.00. The van der Waals surface area contributed by atoms with E-state index in [2.05, 4.69) is 50.5 Å². The zero-order valence-electron chi connectivity index (χ0n) is 13.5. The second-order valence-electron chi connectivity index (χ2n) is 6.58. The van der Waals surface area contributed by atoms with Crippen LogP contribution in [0.15, 0.2) is 24.3 Å². The Morgan fingerprint density at radius 1 is 1.24 bits per heavy atom. The average Bonchev–Trinajstić information content (AvgIpc) is 2.84. The quantitative estimate of drug-likeness (QED) is 0.918. The Kier molecular flexibility index (Phi) is 4.29. The van der Waals surface area contributed by atoms with Crippen molar-refractivity contribution in [3.05, 3.63) is 30.0 Å².